The second-order valence-electron chi connectivity index (χ2n) is 6.03. The molecule has 2 aromatic rings. The van der Waals surface area contributed by atoms with Crippen LogP contribution in [0.25, 0.3) is 0 Å². The van der Waals surface area contributed by atoms with E-state index in [0.717, 1.165) is 37.6 Å². The van der Waals surface area contributed by atoms with E-state index in [0.29, 0.717) is 12.1 Å². The summed E-state index contributed by atoms with van der Waals surface area (Å²) in [7, 11) is 1.68. The third kappa shape index (κ3) is 3.86. The summed E-state index contributed by atoms with van der Waals surface area (Å²) in [6.07, 6.45) is -0.668. The molecule has 1 heterocycles. The van der Waals surface area contributed by atoms with Crippen molar-refractivity contribution in [3.63, 3.8) is 0 Å². The second-order valence-corrected chi connectivity index (χ2v) is 6.03. The first kappa shape index (κ1) is 16.7. The van der Waals surface area contributed by atoms with E-state index < -0.39 is 6.10 Å². The number of benzene rings is 2. The van der Waals surface area contributed by atoms with Crippen molar-refractivity contribution in [2.45, 2.75) is 6.10 Å². The molecule has 5 heteroatoms. The lowest BCUT2D eigenvalue weighted by atomic mass is 10.1. The number of para-hydroxylation sites is 2. The molecule has 0 aliphatic carbocycles. The van der Waals surface area contributed by atoms with Gasteiger partial charge in [-0.1, -0.05) is 24.3 Å². The molecule has 0 saturated carbocycles. The van der Waals surface area contributed by atoms with E-state index >= 15 is 0 Å². The molecule has 1 aliphatic rings. The Hall–Kier alpha value is -2.11. The van der Waals surface area contributed by atoms with E-state index in [1.807, 2.05) is 18.2 Å². The fraction of sp³-hybridized carbons (Fsp3) is 0.368. The van der Waals surface area contributed by atoms with Gasteiger partial charge in [-0.25, -0.2) is 4.39 Å². The molecule has 3 rings (SSSR count). The number of nitrogens with zero attached hydrogens (tertiary/aromatic N) is 2. The average Bonchev–Trinajstić information content (AvgIpc) is 2.62. The fourth-order valence-electron chi connectivity index (χ4n) is 3.13. The predicted octanol–water partition coefficient (Wildman–Crippen LogP) is 2.69. The maximum Gasteiger partial charge on any atom is 0.142 e. The van der Waals surface area contributed by atoms with Crippen molar-refractivity contribution in [2.75, 3.05) is 44.7 Å². The Balaban J connectivity index is 1.57. The summed E-state index contributed by atoms with van der Waals surface area (Å²) in [4.78, 5) is 4.51. The number of anilines is 1. The Morgan fingerprint density at radius 2 is 1.83 bits per heavy atom. The Kier molecular flexibility index (Phi) is 5.33. The summed E-state index contributed by atoms with van der Waals surface area (Å²) in [6, 6.07) is 14.2. The van der Waals surface area contributed by atoms with Crippen LogP contribution in [-0.4, -0.2) is 49.8 Å². The van der Waals surface area contributed by atoms with E-state index in [9.17, 15) is 9.50 Å². The highest BCUT2D eigenvalue weighted by Gasteiger charge is 2.21. The summed E-state index contributed by atoms with van der Waals surface area (Å²) in [5, 5.41) is 10.3. The van der Waals surface area contributed by atoms with Gasteiger partial charge in [0.2, 0.25) is 0 Å². The number of hydrogen-bond acceptors (Lipinski definition) is 4. The highest BCUT2D eigenvalue weighted by molar-refractivity contribution is 5.58. The number of ether oxygens (including phenoxy) is 1. The summed E-state index contributed by atoms with van der Waals surface area (Å²) in [6.45, 7) is 3.96. The number of halogens is 1. The van der Waals surface area contributed by atoms with Gasteiger partial charge in [0.25, 0.3) is 0 Å². The van der Waals surface area contributed by atoms with Gasteiger partial charge in [-0.2, -0.15) is 0 Å². The molecular formula is C19H23FN2O2. The summed E-state index contributed by atoms with van der Waals surface area (Å²) < 4.78 is 18.7. The number of methoxy groups -OCH3 is 1. The summed E-state index contributed by atoms with van der Waals surface area (Å²) in [5.74, 6) is 0.568. The normalized spacial score (nSPS) is 16.9. The van der Waals surface area contributed by atoms with Crippen molar-refractivity contribution in [1.82, 2.24) is 4.90 Å². The van der Waals surface area contributed by atoms with Gasteiger partial charge < -0.3 is 14.7 Å². The first-order chi connectivity index (χ1) is 11.7. The van der Waals surface area contributed by atoms with Crippen LogP contribution in [0.15, 0.2) is 48.5 Å². The summed E-state index contributed by atoms with van der Waals surface area (Å²) in [5.41, 5.74) is 1.73. The monoisotopic (exact) mass is 330 g/mol. The van der Waals surface area contributed by atoms with Crippen LogP contribution >= 0.6 is 0 Å². The number of aliphatic hydroxyl groups excluding tert-OH is 1. The Morgan fingerprint density at radius 3 is 2.54 bits per heavy atom. The lowest BCUT2D eigenvalue weighted by Crippen LogP contribution is -2.47. The fourth-order valence-corrected chi connectivity index (χ4v) is 3.13. The van der Waals surface area contributed by atoms with Crippen LogP contribution in [0, 0.1) is 5.82 Å². The van der Waals surface area contributed by atoms with E-state index in [2.05, 4.69) is 15.9 Å². The molecule has 1 atom stereocenters. The van der Waals surface area contributed by atoms with E-state index in [4.69, 9.17) is 4.74 Å². The Bertz CT molecular complexity index is 672. The minimum absolute atomic E-state index is 0.312. The largest absolute Gasteiger partial charge is 0.495 e. The lowest BCUT2D eigenvalue weighted by Gasteiger charge is -2.37. The molecule has 4 nitrogen and oxygen atoms in total. The average molecular weight is 330 g/mol. The van der Waals surface area contributed by atoms with Crippen molar-refractivity contribution in [1.29, 1.82) is 0 Å². The SMILES string of the molecule is COc1ccccc1N1CCN(CC(O)c2cccc(F)c2)CC1. The molecule has 1 fully saturated rings. The number of piperazine rings is 1. The van der Waals surface area contributed by atoms with Crippen molar-refractivity contribution in [3.8, 4) is 5.75 Å². The standard InChI is InChI=1S/C19H23FN2O2/c1-24-19-8-3-2-7-17(19)22-11-9-21(10-12-22)14-18(23)15-5-4-6-16(20)13-15/h2-8,13,18,23H,9-12,14H2,1H3. The van der Waals surface area contributed by atoms with Crippen LogP contribution in [0.5, 0.6) is 5.75 Å². The quantitative estimate of drug-likeness (QED) is 0.914. The zero-order valence-corrected chi connectivity index (χ0v) is 13.9. The van der Waals surface area contributed by atoms with Crippen molar-refractivity contribution < 1.29 is 14.2 Å². The third-order valence-electron chi connectivity index (χ3n) is 4.46. The molecule has 0 spiro atoms. The number of rotatable bonds is 5. The molecular weight excluding hydrogens is 307 g/mol. The maximum absolute atomic E-state index is 13.3. The van der Waals surface area contributed by atoms with Gasteiger partial charge in [-0.15, -0.1) is 0 Å². The minimum atomic E-state index is -0.668. The second kappa shape index (κ2) is 7.64. The first-order valence-electron chi connectivity index (χ1n) is 8.21. The Labute approximate surface area is 142 Å². The predicted molar refractivity (Wildman–Crippen MR) is 93.0 cm³/mol. The lowest BCUT2D eigenvalue weighted by molar-refractivity contribution is 0.109. The van der Waals surface area contributed by atoms with E-state index in [1.165, 1.54) is 12.1 Å². The first-order valence-corrected chi connectivity index (χ1v) is 8.21. The number of aliphatic hydroxyl groups is 1. The Morgan fingerprint density at radius 1 is 1.08 bits per heavy atom. The van der Waals surface area contributed by atoms with Crippen LogP contribution in [0.3, 0.4) is 0 Å². The number of hydrogen-bond donors (Lipinski definition) is 1. The van der Waals surface area contributed by atoms with Gasteiger partial charge in [-0.05, 0) is 29.8 Å². The zero-order valence-electron chi connectivity index (χ0n) is 13.9. The van der Waals surface area contributed by atoms with Crippen LogP contribution < -0.4 is 9.64 Å². The topological polar surface area (TPSA) is 35.9 Å². The van der Waals surface area contributed by atoms with Crippen LogP contribution in [0.2, 0.25) is 0 Å². The smallest absolute Gasteiger partial charge is 0.142 e. The number of β-amino-alcohol motifs (C(OH)–C–C–N with tert-alkyl or cyclic N) is 1. The third-order valence-corrected chi connectivity index (χ3v) is 4.46. The molecule has 0 aromatic heterocycles. The van der Waals surface area contributed by atoms with Crippen molar-refractivity contribution in [2.24, 2.45) is 0 Å². The van der Waals surface area contributed by atoms with E-state index in [1.54, 1.807) is 19.2 Å². The minimum Gasteiger partial charge on any atom is -0.495 e. The van der Waals surface area contributed by atoms with Crippen molar-refractivity contribution >= 4 is 5.69 Å². The molecule has 0 bridgehead atoms. The molecule has 1 aliphatic heterocycles. The molecule has 128 valence electrons. The molecule has 1 saturated heterocycles. The highest BCUT2D eigenvalue weighted by Crippen LogP contribution is 2.28. The molecule has 2 aromatic carbocycles. The van der Waals surface area contributed by atoms with Gasteiger partial charge >= 0.3 is 0 Å². The van der Waals surface area contributed by atoms with Crippen LogP contribution in [-0.2, 0) is 0 Å². The summed E-state index contributed by atoms with van der Waals surface area (Å²) >= 11 is 0. The van der Waals surface area contributed by atoms with Gasteiger partial charge in [0, 0.05) is 32.7 Å². The molecule has 0 amide bonds. The van der Waals surface area contributed by atoms with Crippen molar-refractivity contribution in [3.05, 3.63) is 59.9 Å². The van der Waals surface area contributed by atoms with Crippen LogP contribution in [0.1, 0.15) is 11.7 Å². The van der Waals surface area contributed by atoms with Gasteiger partial charge in [0.15, 0.2) is 0 Å². The van der Waals surface area contributed by atoms with Gasteiger partial charge in [-0.3, -0.25) is 4.90 Å². The molecule has 1 unspecified atom stereocenters. The molecule has 1 N–H and O–H groups in total. The van der Waals surface area contributed by atoms with E-state index in [-0.39, 0.29) is 5.82 Å². The zero-order chi connectivity index (χ0) is 16.9. The highest BCUT2D eigenvalue weighted by atomic mass is 19.1. The molecule has 0 radical (unpaired) electrons. The van der Waals surface area contributed by atoms with Gasteiger partial charge in [0.1, 0.15) is 11.6 Å². The van der Waals surface area contributed by atoms with Crippen LogP contribution in [0.4, 0.5) is 10.1 Å². The molecule has 24 heavy (non-hydrogen) atoms. The maximum atomic E-state index is 13.3. The van der Waals surface area contributed by atoms with Gasteiger partial charge in [0.05, 0.1) is 18.9 Å².